The highest BCUT2D eigenvalue weighted by Crippen LogP contribution is 2.25. The van der Waals surface area contributed by atoms with Crippen LogP contribution in [-0.2, 0) is 0 Å². The van der Waals surface area contributed by atoms with E-state index in [1.165, 1.54) is 12.8 Å². The lowest BCUT2D eigenvalue weighted by Crippen LogP contribution is -2.07. The zero-order valence-electron chi connectivity index (χ0n) is 10.5. The van der Waals surface area contributed by atoms with E-state index in [4.69, 9.17) is 0 Å². The summed E-state index contributed by atoms with van der Waals surface area (Å²) in [5.41, 5.74) is 2.10. The fourth-order valence-corrected chi connectivity index (χ4v) is 2.23. The van der Waals surface area contributed by atoms with Gasteiger partial charge in [-0.05, 0) is 43.5 Å². The van der Waals surface area contributed by atoms with Crippen LogP contribution in [0.5, 0.6) is 0 Å². The number of hydrogen-bond donors (Lipinski definition) is 2. The smallest absolute Gasteiger partial charge is 0.249 e. The third-order valence-electron chi connectivity index (χ3n) is 2.92. The van der Waals surface area contributed by atoms with Crippen LogP contribution in [0.3, 0.4) is 0 Å². The molecular formula is C13H14BrN5. The molecule has 1 aromatic carbocycles. The van der Waals surface area contributed by atoms with Crippen LogP contribution in [0.25, 0.3) is 0 Å². The summed E-state index contributed by atoms with van der Waals surface area (Å²) in [5, 5.41) is 14.5. The van der Waals surface area contributed by atoms with Gasteiger partial charge in [-0.1, -0.05) is 15.9 Å². The molecule has 0 radical (unpaired) electrons. The molecular weight excluding hydrogens is 306 g/mol. The number of hydrogen-bond acceptors (Lipinski definition) is 5. The molecule has 0 amide bonds. The highest BCUT2D eigenvalue weighted by molar-refractivity contribution is 9.10. The Kier molecular flexibility index (Phi) is 3.33. The minimum atomic E-state index is 0.510. The first-order chi connectivity index (χ1) is 9.20. The Bertz CT molecular complexity index is 597. The van der Waals surface area contributed by atoms with Crippen molar-refractivity contribution in [3.63, 3.8) is 0 Å². The molecule has 0 aliphatic heterocycles. The van der Waals surface area contributed by atoms with Crippen LogP contribution in [0.15, 0.2) is 28.9 Å². The van der Waals surface area contributed by atoms with Gasteiger partial charge < -0.3 is 10.6 Å². The molecule has 0 unspecified atom stereocenters. The van der Waals surface area contributed by atoms with Crippen molar-refractivity contribution < 1.29 is 0 Å². The second-order valence-electron chi connectivity index (χ2n) is 4.67. The van der Waals surface area contributed by atoms with Crippen molar-refractivity contribution in [1.29, 1.82) is 0 Å². The molecule has 1 aliphatic rings. The van der Waals surface area contributed by atoms with Gasteiger partial charge in [0.25, 0.3) is 0 Å². The van der Waals surface area contributed by atoms with Crippen LogP contribution in [0.1, 0.15) is 18.4 Å². The second-order valence-corrected chi connectivity index (χ2v) is 5.58. The van der Waals surface area contributed by atoms with Gasteiger partial charge in [0.1, 0.15) is 0 Å². The van der Waals surface area contributed by atoms with Crippen molar-refractivity contribution in [2.45, 2.75) is 25.8 Å². The maximum Gasteiger partial charge on any atom is 0.249 e. The fourth-order valence-electron chi connectivity index (χ4n) is 1.75. The number of rotatable bonds is 4. The topological polar surface area (TPSA) is 62.7 Å². The standard InChI is InChI=1S/C13H14BrN5/c1-8-6-9(14)2-5-11(8)17-13-18-12(7-15-19-13)16-10-3-4-10/h2,5-7,10H,3-4H2,1H3,(H2,16,17,18,19). The first-order valence-corrected chi connectivity index (χ1v) is 6.99. The molecule has 6 heteroatoms. The van der Waals surface area contributed by atoms with Crippen LogP contribution < -0.4 is 10.6 Å². The van der Waals surface area contributed by atoms with Gasteiger partial charge in [0.05, 0.1) is 6.20 Å². The Labute approximate surface area is 120 Å². The Morgan fingerprint density at radius 1 is 1.32 bits per heavy atom. The number of aromatic nitrogens is 3. The zero-order chi connectivity index (χ0) is 13.2. The van der Waals surface area contributed by atoms with E-state index in [-0.39, 0.29) is 0 Å². The van der Waals surface area contributed by atoms with Crippen LogP contribution >= 0.6 is 15.9 Å². The van der Waals surface area contributed by atoms with Gasteiger partial charge in [-0.25, -0.2) is 0 Å². The molecule has 5 nitrogen and oxygen atoms in total. The molecule has 2 aromatic rings. The molecule has 0 spiro atoms. The molecule has 19 heavy (non-hydrogen) atoms. The van der Waals surface area contributed by atoms with E-state index in [1.54, 1.807) is 6.20 Å². The molecule has 3 rings (SSSR count). The predicted octanol–water partition coefficient (Wildman–Crippen LogP) is 3.26. The summed E-state index contributed by atoms with van der Waals surface area (Å²) >= 11 is 3.45. The number of aryl methyl sites for hydroxylation is 1. The molecule has 98 valence electrons. The van der Waals surface area contributed by atoms with Crippen LogP contribution in [0.2, 0.25) is 0 Å². The summed E-state index contributed by atoms with van der Waals surface area (Å²) < 4.78 is 1.05. The van der Waals surface area contributed by atoms with Gasteiger partial charge in [0, 0.05) is 16.2 Å². The van der Waals surface area contributed by atoms with Crippen LogP contribution in [0, 0.1) is 6.92 Å². The summed E-state index contributed by atoms with van der Waals surface area (Å²) in [6.07, 6.45) is 4.06. The van der Waals surface area contributed by atoms with E-state index in [0.717, 1.165) is 21.5 Å². The molecule has 1 heterocycles. The third-order valence-corrected chi connectivity index (χ3v) is 3.42. The summed E-state index contributed by atoms with van der Waals surface area (Å²) in [4.78, 5) is 4.40. The van der Waals surface area contributed by atoms with Gasteiger partial charge >= 0.3 is 0 Å². The average Bonchev–Trinajstić information content (AvgIpc) is 3.17. The van der Waals surface area contributed by atoms with Gasteiger partial charge in [0.2, 0.25) is 5.95 Å². The maximum atomic E-state index is 4.40. The predicted molar refractivity (Wildman–Crippen MR) is 78.6 cm³/mol. The molecule has 1 aliphatic carbocycles. The fraction of sp³-hybridized carbons (Fsp3) is 0.308. The molecule has 1 aromatic heterocycles. The molecule has 1 saturated carbocycles. The Morgan fingerprint density at radius 2 is 2.16 bits per heavy atom. The van der Waals surface area contributed by atoms with Crippen molar-refractivity contribution in [1.82, 2.24) is 15.2 Å². The van der Waals surface area contributed by atoms with E-state index >= 15 is 0 Å². The summed E-state index contributed by atoms with van der Waals surface area (Å²) in [6, 6.07) is 6.57. The van der Waals surface area contributed by atoms with Gasteiger partial charge in [0.15, 0.2) is 5.82 Å². The first-order valence-electron chi connectivity index (χ1n) is 6.20. The third kappa shape index (κ3) is 3.20. The normalized spacial score (nSPS) is 14.2. The van der Waals surface area contributed by atoms with Crippen molar-refractivity contribution in [3.05, 3.63) is 34.4 Å². The number of nitrogens with zero attached hydrogens (tertiary/aromatic N) is 3. The molecule has 1 fully saturated rings. The van der Waals surface area contributed by atoms with E-state index < -0.39 is 0 Å². The molecule has 0 bridgehead atoms. The monoisotopic (exact) mass is 319 g/mol. The first kappa shape index (κ1) is 12.3. The second kappa shape index (κ2) is 5.13. The largest absolute Gasteiger partial charge is 0.366 e. The van der Waals surface area contributed by atoms with Gasteiger partial charge in [-0.2, -0.15) is 10.1 Å². The van der Waals surface area contributed by atoms with E-state index in [2.05, 4.69) is 41.7 Å². The number of anilines is 3. The quantitative estimate of drug-likeness (QED) is 0.905. The van der Waals surface area contributed by atoms with E-state index in [9.17, 15) is 0 Å². The Morgan fingerprint density at radius 3 is 2.89 bits per heavy atom. The molecule has 2 N–H and O–H groups in total. The molecule has 0 saturated heterocycles. The van der Waals surface area contributed by atoms with E-state index in [1.807, 2.05) is 25.1 Å². The SMILES string of the molecule is Cc1cc(Br)ccc1Nc1nncc(NC2CC2)n1. The Balaban J connectivity index is 1.78. The van der Waals surface area contributed by atoms with Gasteiger partial charge in [-0.15, -0.1) is 5.10 Å². The average molecular weight is 320 g/mol. The van der Waals surface area contributed by atoms with Crippen LogP contribution in [0.4, 0.5) is 17.5 Å². The van der Waals surface area contributed by atoms with Gasteiger partial charge in [-0.3, -0.25) is 0 Å². The highest BCUT2D eigenvalue weighted by atomic mass is 79.9. The summed E-state index contributed by atoms with van der Waals surface area (Å²) in [5.74, 6) is 1.28. The highest BCUT2D eigenvalue weighted by Gasteiger charge is 2.21. The van der Waals surface area contributed by atoms with E-state index in [0.29, 0.717) is 12.0 Å². The van der Waals surface area contributed by atoms with Crippen molar-refractivity contribution in [3.8, 4) is 0 Å². The minimum absolute atomic E-state index is 0.510. The van der Waals surface area contributed by atoms with Crippen LogP contribution in [-0.4, -0.2) is 21.2 Å². The Hall–Kier alpha value is -1.69. The number of halogens is 1. The lowest BCUT2D eigenvalue weighted by molar-refractivity contribution is 0.964. The zero-order valence-corrected chi connectivity index (χ0v) is 12.1. The van der Waals surface area contributed by atoms with Crippen molar-refractivity contribution in [2.75, 3.05) is 10.6 Å². The van der Waals surface area contributed by atoms with Crippen molar-refractivity contribution in [2.24, 2.45) is 0 Å². The number of nitrogens with one attached hydrogen (secondary N) is 2. The lowest BCUT2D eigenvalue weighted by atomic mass is 10.2. The minimum Gasteiger partial charge on any atom is -0.366 e. The summed E-state index contributed by atoms with van der Waals surface area (Å²) in [7, 11) is 0. The number of benzene rings is 1. The maximum absolute atomic E-state index is 4.40. The summed E-state index contributed by atoms with van der Waals surface area (Å²) in [6.45, 7) is 2.03. The molecule has 0 atom stereocenters. The lowest BCUT2D eigenvalue weighted by Gasteiger charge is -2.09. The van der Waals surface area contributed by atoms with Crippen molar-refractivity contribution >= 4 is 33.4 Å².